The number of aromatic nitrogens is 2. The molecule has 0 atom stereocenters. The summed E-state index contributed by atoms with van der Waals surface area (Å²) in [5.74, 6) is -0.235. The van der Waals surface area contributed by atoms with Gasteiger partial charge >= 0.3 is 5.97 Å². The van der Waals surface area contributed by atoms with Gasteiger partial charge < -0.3 is 14.2 Å². The molecule has 0 aliphatic rings. The second-order valence-electron chi connectivity index (χ2n) is 4.85. The van der Waals surface area contributed by atoms with E-state index < -0.39 is 5.97 Å². The van der Waals surface area contributed by atoms with Crippen LogP contribution in [-0.4, -0.2) is 30.0 Å². The van der Waals surface area contributed by atoms with Gasteiger partial charge in [-0.2, -0.15) is 10.4 Å². The summed E-state index contributed by atoms with van der Waals surface area (Å²) < 4.78 is 16.8. The monoisotopic (exact) mass is 327 g/mol. The molecular weight excluding hydrogens is 310 g/mol. The Kier molecular flexibility index (Phi) is 5.58. The third-order valence-electron chi connectivity index (χ3n) is 3.17. The highest BCUT2D eigenvalue weighted by Crippen LogP contribution is 2.24. The van der Waals surface area contributed by atoms with Crippen LogP contribution in [0.5, 0.6) is 5.75 Å². The number of rotatable bonds is 6. The Balaban J connectivity index is 2.32. The SMILES string of the molecule is CO/C=C(\Oc1cc(-n2ccc(CC#N)n2)ccc1C)C(=O)OC. The summed E-state index contributed by atoms with van der Waals surface area (Å²) in [6, 6.07) is 9.28. The Morgan fingerprint density at radius 1 is 1.38 bits per heavy atom. The van der Waals surface area contributed by atoms with Gasteiger partial charge in [0, 0.05) is 12.3 Å². The lowest BCUT2D eigenvalue weighted by atomic mass is 10.2. The van der Waals surface area contributed by atoms with E-state index in [-0.39, 0.29) is 12.2 Å². The zero-order valence-electron chi connectivity index (χ0n) is 13.6. The fourth-order valence-electron chi connectivity index (χ4n) is 1.96. The maximum Gasteiger partial charge on any atom is 0.377 e. The zero-order chi connectivity index (χ0) is 17.5. The van der Waals surface area contributed by atoms with Crippen LogP contribution in [-0.2, 0) is 20.7 Å². The van der Waals surface area contributed by atoms with Crippen molar-refractivity contribution in [3.05, 3.63) is 53.7 Å². The molecular formula is C17H17N3O4. The molecule has 1 aromatic heterocycles. The summed E-state index contributed by atoms with van der Waals surface area (Å²) in [6.07, 6.45) is 3.18. The van der Waals surface area contributed by atoms with Crippen molar-refractivity contribution in [3.63, 3.8) is 0 Å². The van der Waals surface area contributed by atoms with Crippen LogP contribution in [0.25, 0.3) is 5.69 Å². The second-order valence-corrected chi connectivity index (χ2v) is 4.85. The molecule has 0 spiro atoms. The topological polar surface area (TPSA) is 86.4 Å². The van der Waals surface area contributed by atoms with Crippen molar-refractivity contribution in [3.8, 4) is 17.5 Å². The second kappa shape index (κ2) is 7.83. The number of esters is 1. The molecule has 0 bridgehead atoms. The summed E-state index contributed by atoms with van der Waals surface area (Å²) in [7, 11) is 2.68. The van der Waals surface area contributed by atoms with Crippen LogP contribution in [0.4, 0.5) is 0 Å². The molecule has 0 aliphatic heterocycles. The van der Waals surface area contributed by atoms with Gasteiger partial charge in [0.2, 0.25) is 5.76 Å². The van der Waals surface area contributed by atoms with Crippen molar-refractivity contribution in [1.29, 1.82) is 5.26 Å². The highest BCUT2D eigenvalue weighted by molar-refractivity contribution is 5.86. The number of methoxy groups -OCH3 is 2. The number of ether oxygens (including phenoxy) is 3. The smallest absolute Gasteiger partial charge is 0.377 e. The summed E-state index contributed by atoms with van der Waals surface area (Å²) in [5, 5.41) is 13.0. The van der Waals surface area contributed by atoms with Crippen LogP contribution in [0, 0.1) is 18.3 Å². The molecule has 124 valence electrons. The minimum absolute atomic E-state index is 0.0640. The Hall–Kier alpha value is -3.27. The maximum absolute atomic E-state index is 11.7. The van der Waals surface area contributed by atoms with Gasteiger partial charge in [-0.25, -0.2) is 9.48 Å². The molecule has 0 saturated carbocycles. The van der Waals surface area contributed by atoms with Gasteiger partial charge in [-0.15, -0.1) is 0 Å². The van der Waals surface area contributed by atoms with E-state index in [1.165, 1.54) is 20.5 Å². The minimum atomic E-state index is -0.642. The first-order chi connectivity index (χ1) is 11.6. The minimum Gasteiger partial charge on any atom is -0.500 e. The summed E-state index contributed by atoms with van der Waals surface area (Å²) in [4.78, 5) is 11.7. The van der Waals surface area contributed by atoms with Crippen LogP contribution < -0.4 is 4.74 Å². The van der Waals surface area contributed by atoms with Crippen molar-refractivity contribution >= 4 is 5.97 Å². The lowest BCUT2D eigenvalue weighted by Crippen LogP contribution is -2.12. The first-order valence-corrected chi connectivity index (χ1v) is 7.10. The number of aryl methyl sites for hydroxylation is 1. The van der Waals surface area contributed by atoms with Crippen LogP contribution >= 0.6 is 0 Å². The molecule has 1 aromatic carbocycles. The van der Waals surface area contributed by atoms with Gasteiger partial charge in [0.05, 0.1) is 38.1 Å². The quantitative estimate of drug-likeness (QED) is 0.459. The molecule has 7 heteroatoms. The van der Waals surface area contributed by atoms with Crippen LogP contribution in [0.3, 0.4) is 0 Å². The van der Waals surface area contributed by atoms with E-state index in [1.54, 1.807) is 23.0 Å². The van der Waals surface area contributed by atoms with Gasteiger partial charge in [-0.05, 0) is 24.6 Å². The molecule has 24 heavy (non-hydrogen) atoms. The van der Waals surface area contributed by atoms with Gasteiger partial charge in [0.25, 0.3) is 0 Å². The van der Waals surface area contributed by atoms with Crippen molar-refractivity contribution in [2.45, 2.75) is 13.3 Å². The predicted molar refractivity (Wildman–Crippen MR) is 85.4 cm³/mol. The average molecular weight is 327 g/mol. The Morgan fingerprint density at radius 3 is 2.83 bits per heavy atom. The van der Waals surface area contributed by atoms with Crippen molar-refractivity contribution in [1.82, 2.24) is 9.78 Å². The number of hydrogen-bond acceptors (Lipinski definition) is 6. The van der Waals surface area contributed by atoms with E-state index in [2.05, 4.69) is 15.9 Å². The normalized spacial score (nSPS) is 10.8. The van der Waals surface area contributed by atoms with Crippen molar-refractivity contribution in [2.75, 3.05) is 14.2 Å². The molecule has 2 rings (SSSR count). The highest BCUT2D eigenvalue weighted by Gasteiger charge is 2.15. The maximum atomic E-state index is 11.7. The highest BCUT2D eigenvalue weighted by atomic mass is 16.6. The van der Waals surface area contributed by atoms with Crippen LogP contribution in [0.1, 0.15) is 11.3 Å². The number of nitrogens with zero attached hydrogens (tertiary/aromatic N) is 3. The molecule has 1 heterocycles. The van der Waals surface area contributed by atoms with Gasteiger partial charge in [0.1, 0.15) is 12.0 Å². The first-order valence-electron chi connectivity index (χ1n) is 7.10. The number of hydrogen-bond donors (Lipinski definition) is 0. The van der Waals surface area contributed by atoms with E-state index in [0.717, 1.165) is 11.3 Å². The van der Waals surface area contributed by atoms with Gasteiger partial charge in [0.15, 0.2) is 0 Å². The molecule has 0 saturated heterocycles. The fourth-order valence-corrected chi connectivity index (χ4v) is 1.96. The van der Waals surface area contributed by atoms with Gasteiger partial charge in [-0.3, -0.25) is 0 Å². The van der Waals surface area contributed by atoms with Crippen LogP contribution in [0.15, 0.2) is 42.5 Å². The third kappa shape index (κ3) is 3.93. The largest absolute Gasteiger partial charge is 0.500 e. The summed E-state index contributed by atoms with van der Waals surface area (Å²) >= 11 is 0. The molecule has 0 amide bonds. The number of carbonyl (C=O) groups is 1. The van der Waals surface area contributed by atoms with E-state index in [9.17, 15) is 4.79 Å². The Morgan fingerprint density at radius 2 is 2.17 bits per heavy atom. The predicted octanol–water partition coefficient (Wildman–Crippen LogP) is 2.29. The lowest BCUT2D eigenvalue weighted by Gasteiger charge is -2.12. The fraction of sp³-hybridized carbons (Fsp3) is 0.235. The van der Waals surface area contributed by atoms with E-state index in [0.29, 0.717) is 11.4 Å². The average Bonchev–Trinajstić information content (AvgIpc) is 3.04. The lowest BCUT2D eigenvalue weighted by molar-refractivity contribution is -0.138. The summed E-state index contributed by atoms with van der Waals surface area (Å²) in [6.45, 7) is 1.85. The van der Waals surface area contributed by atoms with Crippen LogP contribution in [0.2, 0.25) is 0 Å². The standard InChI is InChI=1S/C17H17N3O4/c1-12-4-5-14(20-9-7-13(19-20)6-8-18)10-15(12)24-16(11-22-2)17(21)23-3/h4-5,7,9-11H,6H2,1-3H3/b16-11-. The number of nitriles is 1. The zero-order valence-corrected chi connectivity index (χ0v) is 13.6. The molecule has 0 N–H and O–H groups in total. The molecule has 0 radical (unpaired) electrons. The number of carbonyl (C=O) groups excluding carboxylic acids is 1. The Bertz CT molecular complexity index is 802. The molecule has 0 fully saturated rings. The molecule has 0 unspecified atom stereocenters. The van der Waals surface area contributed by atoms with Gasteiger partial charge in [-0.1, -0.05) is 6.07 Å². The molecule has 0 aliphatic carbocycles. The first kappa shape index (κ1) is 17.1. The van der Waals surface area contributed by atoms with Crippen molar-refractivity contribution < 1.29 is 19.0 Å². The van der Waals surface area contributed by atoms with E-state index in [1.807, 2.05) is 19.1 Å². The molecule has 7 nitrogen and oxygen atoms in total. The van der Waals surface area contributed by atoms with Crippen molar-refractivity contribution in [2.24, 2.45) is 0 Å². The third-order valence-corrected chi connectivity index (χ3v) is 3.17. The van der Waals surface area contributed by atoms with E-state index >= 15 is 0 Å². The Labute approximate surface area is 139 Å². The summed E-state index contributed by atoms with van der Waals surface area (Å²) in [5.41, 5.74) is 2.24. The molecule has 2 aromatic rings. The number of benzene rings is 1. The van der Waals surface area contributed by atoms with E-state index in [4.69, 9.17) is 14.7 Å².